The standard InChI is InChI=1S/C23H23N5O3S/c1-12(2)8-19(29)28(3)14-4-5-15-16(9-14)26-22(20(15)21(24)30)27-23(31)18-7-6-17(32-18)13-10-25-11-13/h4-7,9-12,26H,8H2,1-3H3,(H2,24,30)(H,27,31). The van der Waals surface area contributed by atoms with Gasteiger partial charge in [-0.2, -0.15) is 0 Å². The molecule has 0 atom stereocenters. The van der Waals surface area contributed by atoms with Gasteiger partial charge in [0.05, 0.1) is 10.4 Å². The van der Waals surface area contributed by atoms with Crippen LogP contribution in [0.3, 0.4) is 0 Å². The summed E-state index contributed by atoms with van der Waals surface area (Å²) in [5.74, 6) is -0.546. The fraction of sp³-hybridized carbons (Fsp3) is 0.217. The minimum atomic E-state index is -0.661. The van der Waals surface area contributed by atoms with E-state index < -0.39 is 5.91 Å². The Bertz CT molecular complexity index is 1300. The number of benzene rings is 1. The molecule has 3 aromatic rings. The fourth-order valence-corrected chi connectivity index (χ4v) is 4.32. The van der Waals surface area contributed by atoms with Gasteiger partial charge in [0, 0.05) is 52.9 Å². The van der Waals surface area contributed by atoms with E-state index in [0.29, 0.717) is 27.9 Å². The van der Waals surface area contributed by atoms with Crippen molar-refractivity contribution < 1.29 is 14.4 Å². The van der Waals surface area contributed by atoms with Crippen molar-refractivity contribution in [1.29, 1.82) is 0 Å². The number of aromatic amines is 1. The lowest BCUT2D eigenvalue weighted by molar-refractivity contribution is -0.119. The van der Waals surface area contributed by atoms with Crippen LogP contribution in [0.2, 0.25) is 0 Å². The highest BCUT2D eigenvalue weighted by molar-refractivity contribution is 7.15. The molecular weight excluding hydrogens is 426 g/mol. The van der Waals surface area contributed by atoms with E-state index in [-0.39, 0.29) is 29.1 Å². The summed E-state index contributed by atoms with van der Waals surface area (Å²) in [7, 11) is 1.71. The zero-order valence-electron chi connectivity index (χ0n) is 17.9. The lowest BCUT2D eigenvalue weighted by Crippen LogP contribution is -2.27. The molecule has 0 spiro atoms. The highest BCUT2D eigenvalue weighted by Crippen LogP contribution is 2.31. The number of allylic oxidation sites excluding steroid dienone is 1. The van der Waals surface area contributed by atoms with Crippen LogP contribution in [-0.2, 0) is 4.79 Å². The number of hydrogen-bond acceptors (Lipinski definition) is 5. The predicted octanol–water partition coefficient (Wildman–Crippen LogP) is 4.01. The van der Waals surface area contributed by atoms with Crippen LogP contribution in [0, 0.1) is 5.92 Å². The maximum Gasteiger partial charge on any atom is 0.266 e. The molecule has 0 radical (unpaired) electrons. The molecule has 164 valence electrons. The summed E-state index contributed by atoms with van der Waals surface area (Å²) in [4.78, 5) is 47.4. The van der Waals surface area contributed by atoms with Crippen LogP contribution in [0.4, 0.5) is 11.5 Å². The smallest absolute Gasteiger partial charge is 0.266 e. The van der Waals surface area contributed by atoms with Crippen molar-refractivity contribution >= 4 is 63.3 Å². The molecule has 0 aliphatic carbocycles. The maximum atomic E-state index is 12.8. The Hall–Kier alpha value is -3.72. The van der Waals surface area contributed by atoms with E-state index in [9.17, 15) is 14.4 Å². The molecule has 32 heavy (non-hydrogen) atoms. The first-order chi connectivity index (χ1) is 15.2. The molecule has 0 unspecified atom stereocenters. The number of thiophene rings is 1. The van der Waals surface area contributed by atoms with Gasteiger partial charge in [-0.05, 0) is 36.2 Å². The SMILES string of the molecule is CC(C)CC(=O)N(C)c1ccc2c(C(N)=O)c(NC(=O)c3ccc(C4=CN=C4)s3)[nH]c2c1. The fourth-order valence-electron chi connectivity index (χ4n) is 3.44. The van der Waals surface area contributed by atoms with Crippen molar-refractivity contribution in [2.24, 2.45) is 16.6 Å². The van der Waals surface area contributed by atoms with Crippen LogP contribution in [-0.4, -0.2) is 36.0 Å². The molecule has 3 amide bonds. The molecule has 4 N–H and O–H groups in total. The summed E-state index contributed by atoms with van der Waals surface area (Å²) >= 11 is 1.33. The molecule has 8 nitrogen and oxygen atoms in total. The normalized spacial score (nSPS) is 12.6. The highest BCUT2D eigenvalue weighted by atomic mass is 32.1. The molecule has 1 aromatic carbocycles. The largest absolute Gasteiger partial charge is 0.365 e. The number of amides is 3. The monoisotopic (exact) mass is 449 g/mol. The van der Waals surface area contributed by atoms with Crippen molar-refractivity contribution in [2.75, 3.05) is 17.3 Å². The number of rotatable bonds is 7. The molecular formula is C23H23N5O3S. The van der Waals surface area contributed by atoms with E-state index in [4.69, 9.17) is 5.73 Å². The Kier molecular flexibility index (Phi) is 5.67. The molecule has 9 heteroatoms. The van der Waals surface area contributed by atoms with Crippen LogP contribution in [0.5, 0.6) is 0 Å². The molecule has 0 saturated carbocycles. The predicted molar refractivity (Wildman–Crippen MR) is 128 cm³/mol. The van der Waals surface area contributed by atoms with Gasteiger partial charge >= 0.3 is 0 Å². The number of nitrogens with two attached hydrogens (primary N) is 1. The van der Waals surface area contributed by atoms with E-state index in [2.05, 4.69) is 15.3 Å². The molecule has 2 aromatic heterocycles. The van der Waals surface area contributed by atoms with Gasteiger partial charge in [-0.3, -0.25) is 19.4 Å². The third kappa shape index (κ3) is 4.06. The van der Waals surface area contributed by atoms with Gasteiger partial charge in [0.2, 0.25) is 5.91 Å². The van der Waals surface area contributed by atoms with Gasteiger partial charge in [0.25, 0.3) is 11.8 Å². The summed E-state index contributed by atoms with van der Waals surface area (Å²) in [6.45, 7) is 3.97. The molecule has 0 bridgehead atoms. The first kappa shape index (κ1) is 21.5. The third-order valence-corrected chi connectivity index (χ3v) is 6.29. The molecule has 0 fully saturated rings. The minimum absolute atomic E-state index is 0.00493. The topological polar surface area (TPSA) is 121 Å². The first-order valence-corrected chi connectivity index (χ1v) is 10.9. The summed E-state index contributed by atoms with van der Waals surface area (Å²) < 4.78 is 0. The number of nitrogens with one attached hydrogen (secondary N) is 2. The van der Waals surface area contributed by atoms with Crippen molar-refractivity contribution in [3.05, 3.63) is 51.8 Å². The van der Waals surface area contributed by atoms with E-state index in [1.807, 2.05) is 19.9 Å². The Morgan fingerprint density at radius 3 is 2.59 bits per heavy atom. The number of primary amides is 1. The van der Waals surface area contributed by atoms with E-state index >= 15 is 0 Å². The van der Waals surface area contributed by atoms with Crippen LogP contribution < -0.4 is 16.0 Å². The van der Waals surface area contributed by atoms with Crippen molar-refractivity contribution in [1.82, 2.24) is 4.98 Å². The minimum Gasteiger partial charge on any atom is -0.365 e. The lowest BCUT2D eigenvalue weighted by Gasteiger charge is -2.18. The second-order valence-electron chi connectivity index (χ2n) is 8.00. The number of fused-ring (bicyclic) bond motifs is 1. The van der Waals surface area contributed by atoms with Gasteiger partial charge in [-0.25, -0.2) is 0 Å². The second kappa shape index (κ2) is 8.43. The second-order valence-corrected chi connectivity index (χ2v) is 9.08. The lowest BCUT2D eigenvalue weighted by atomic mass is 10.1. The number of carbonyl (C=O) groups excluding carboxylic acids is 3. The number of carbonyl (C=O) groups is 3. The van der Waals surface area contributed by atoms with Gasteiger partial charge in [0.1, 0.15) is 5.82 Å². The van der Waals surface area contributed by atoms with E-state index in [1.165, 1.54) is 11.3 Å². The Balaban J connectivity index is 1.62. The number of nitrogens with zero attached hydrogens (tertiary/aromatic N) is 2. The summed E-state index contributed by atoms with van der Waals surface area (Å²) in [6, 6.07) is 8.82. The Labute approximate surface area is 188 Å². The van der Waals surface area contributed by atoms with E-state index in [1.54, 1.807) is 48.6 Å². The Morgan fingerprint density at radius 2 is 1.97 bits per heavy atom. The molecule has 3 heterocycles. The number of aliphatic imine (C=N–C) groups is 1. The van der Waals surface area contributed by atoms with Crippen LogP contribution in [0.25, 0.3) is 16.5 Å². The summed E-state index contributed by atoms with van der Waals surface area (Å²) in [5.41, 5.74) is 8.06. The zero-order valence-corrected chi connectivity index (χ0v) is 18.7. The number of aromatic nitrogens is 1. The molecule has 1 aliphatic heterocycles. The molecule has 4 rings (SSSR count). The quantitative estimate of drug-likeness (QED) is 0.505. The molecule has 1 aliphatic rings. The summed E-state index contributed by atoms with van der Waals surface area (Å²) in [6.07, 6.45) is 3.90. The van der Waals surface area contributed by atoms with Gasteiger partial charge in [0.15, 0.2) is 0 Å². The zero-order chi connectivity index (χ0) is 23.0. The number of anilines is 2. The average Bonchev–Trinajstić information content (AvgIpc) is 3.29. The van der Waals surface area contributed by atoms with Gasteiger partial charge in [-0.15, -0.1) is 11.3 Å². The highest BCUT2D eigenvalue weighted by Gasteiger charge is 2.21. The van der Waals surface area contributed by atoms with Crippen LogP contribution in [0.1, 0.15) is 45.2 Å². The summed E-state index contributed by atoms with van der Waals surface area (Å²) in [5, 5.41) is 3.34. The Morgan fingerprint density at radius 1 is 1.22 bits per heavy atom. The van der Waals surface area contributed by atoms with Crippen LogP contribution in [0.15, 0.2) is 41.5 Å². The van der Waals surface area contributed by atoms with Crippen molar-refractivity contribution in [3.63, 3.8) is 0 Å². The van der Waals surface area contributed by atoms with Gasteiger partial charge in [-0.1, -0.05) is 13.8 Å². The molecule has 0 saturated heterocycles. The first-order valence-electron chi connectivity index (χ1n) is 10.1. The number of H-pyrrole nitrogens is 1. The van der Waals surface area contributed by atoms with E-state index in [0.717, 1.165) is 10.5 Å². The van der Waals surface area contributed by atoms with Crippen molar-refractivity contribution in [3.8, 4) is 0 Å². The third-order valence-electron chi connectivity index (χ3n) is 5.15. The average molecular weight is 450 g/mol. The van der Waals surface area contributed by atoms with Crippen molar-refractivity contribution in [2.45, 2.75) is 20.3 Å². The number of hydrogen-bond donors (Lipinski definition) is 3. The van der Waals surface area contributed by atoms with Gasteiger partial charge < -0.3 is 20.9 Å². The maximum absolute atomic E-state index is 12.8. The van der Waals surface area contributed by atoms with Crippen LogP contribution >= 0.6 is 11.3 Å².